The van der Waals surface area contributed by atoms with E-state index in [-0.39, 0.29) is 0 Å². The van der Waals surface area contributed by atoms with Crippen LogP contribution in [0.4, 0.5) is 0 Å². The van der Waals surface area contributed by atoms with Gasteiger partial charge < -0.3 is 4.42 Å². The molecule has 0 aliphatic carbocycles. The molecular weight excluding hydrogens is 136 g/mol. The van der Waals surface area contributed by atoms with Crippen molar-refractivity contribution in [1.82, 2.24) is 0 Å². The zero-order valence-electron chi connectivity index (χ0n) is 7.77. The molecule has 1 aromatic rings. The summed E-state index contributed by atoms with van der Waals surface area (Å²) in [7, 11) is 0. The fraction of sp³-hybridized carbons (Fsp3) is 0.600. The van der Waals surface area contributed by atoms with Crippen LogP contribution < -0.4 is 0 Å². The van der Waals surface area contributed by atoms with Gasteiger partial charge in [-0.1, -0.05) is 20.8 Å². The van der Waals surface area contributed by atoms with E-state index in [4.69, 9.17) is 4.42 Å². The van der Waals surface area contributed by atoms with Gasteiger partial charge in [-0.15, -0.1) is 0 Å². The van der Waals surface area contributed by atoms with Gasteiger partial charge >= 0.3 is 0 Å². The summed E-state index contributed by atoms with van der Waals surface area (Å²) in [6, 6.07) is 2.14. The normalized spacial score (nSPS) is 11.0. The molecule has 0 atom stereocenters. The third-order valence-electron chi connectivity index (χ3n) is 1.93. The molecule has 0 N–H and O–H groups in total. The summed E-state index contributed by atoms with van der Waals surface area (Å²) in [5.74, 6) is 2.75. The molecule has 1 nitrogen and oxygen atoms in total. The minimum absolute atomic E-state index is 0.508. The summed E-state index contributed by atoms with van der Waals surface area (Å²) >= 11 is 0. The molecule has 62 valence electrons. The number of hydrogen-bond acceptors (Lipinski definition) is 1. The van der Waals surface area contributed by atoms with Gasteiger partial charge in [-0.25, -0.2) is 0 Å². The molecule has 1 heterocycles. The van der Waals surface area contributed by atoms with E-state index in [1.807, 2.05) is 0 Å². The van der Waals surface area contributed by atoms with Crippen molar-refractivity contribution < 1.29 is 4.42 Å². The average Bonchev–Trinajstić information content (AvgIpc) is 2.31. The maximum absolute atomic E-state index is 5.62. The summed E-state index contributed by atoms with van der Waals surface area (Å²) in [4.78, 5) is 0. The molecule has 0 aliphatic rings. The van der Waals surface area contributed by atoms with E-state index in [2.05, 4.69) is 33.8 Å². The molecule has 1 rings (SSSR count). The van der Waals surface area contributed by atoms with Crippen LogP contribution >= 0.6 is 0 Å². The van der Waals surface area contributed by atoms with Gasteiger partial charge in [0.25, 0.3) is 0 Å². The first-order valence-electron chi connectivity index (χ1n) is 4.24. The van der Waals surface area contributed by atoms with Crippen LogP contribution in [0.15, 0.2) is 10.5 Å². The van der Waals surface area contributed by atoms with Crippen LogP contribution in [0, 0.1) is 6.92 Å². The first-order valence-corrected chi connectivity index (χ1v) is 4.24. The molecule has 11 heavy (non-hydrogen) atoms. The van der Waals surface area contributed by atoms with Crippen LogP contribution in [0.3, 0.4) is 0 Å². The highest BCUT2D eigenvalue weighted by Gasteiger charge is 2.07. The number of hydrogen-bond donors (Lipinski definition) is 0. The Bertz CT molecular complexity index is 233. The van der Waals surface area contributed by atoms with Crippen molar-refractivity contribution in [1.29, 1.82) is 0 Å². The Kier molecular flexibility index (Phi) is 2.38. The Hall–Kier alpha value is -0.720. The van der Waals surface area contributed by atoms with Crippen molar-refractivity contribution in [3.8, 4) is 0 Å². The predicted molar refractivity (Wildman–Crippen MR) is 46.9 cm³/mol. The maximum atomic E-state index is 5.62. The topological polar surface area (TPSA) is 13.1 Å². The van der Waals surface area contributed by atoms with E-state index in [1.54, 1.807) is 0 Å². The van der Waals surface area contributed by atoms with Crippen LogP contribution in [-0.2, 0) is 6.42 Å². The first-order chi connectivity index (χ1) is 5.15. The second-order valence-corrected chi connectivity index (χ2v) is 3.26. The van der Waals surface area contributed by atoms with Crippen molar-refractivity contribution in [2.45, 2.75) is 40.0 Å². The number of rotatable bonds is 2. The lowest BCUT2D eigenvalue weighted by Crippen LogP contribution is -1.80. The number of furan rings is 1. The quantitative estimate of drug-likeness (QED) is 0.634. The van der Waals surface area contributed by atoms with Crippen molar-refractivity contribution in [3.63, 3.8) is 0 Å². The second-order valence-electron chi connectivity index (χ2n) is 3.26. The smallest absolute Gasteiger partial charge is 0.106 e. The summed E-state index contributed by atoms with van der Waals surface area (Å²) in [5.41, 5.74) is 1.29. The lowest BCUT2D eigenvalue weighted by atomic mass is 10.1. The molecule has 1 aromatic heterocycles. The second kappa shape index (κ2) is 3.12. The van der Waals surface area contributed by atoms with Crippen LogP contribution in [0.25, 0.3) is 0 Å². The molecule has 0 fully saturated rings. The molecule has 0 unspecified atom stereocenters. The van der Waals surface area contributed by atoms with E-state index < -0.39 is 0 Å². The predicted octanol–water partition coefficient (Wildman–Crippen LogP) is 3.27. The summed E-state index contributed by atoms with van der Waals surface area (Å²) in [6.45, 7) is 8.53. The monoisotopic (exact) mass is 152 g/mol. The zero-order chi connectivity index (χ0) is 8.43. The minimum atomic E-state index is 0.508. The maximum Gasteiger partial charge on any atom is 0.106 e. The summed E-state index contributed by atoms with van der Waals surface area (Å²) < 4.78 is 5.62. The summed E-state index contributed by atoms with van der Waals surface area (Å²) in [6.07, 6.45) is 0.999. The molecule has 0 aromatic carbocycles. The molecule has 0 saturated heterocycles. The minimum Gasteiger partial charge on any atom is -0.466 e. The summed E-state index contributed by atoms with van der Waals surface area (Å²) in [5, 5.41) is 0. The third kappa shape index (κ3) is 1.65. The fourth-order valence-electron chi connectivity index (χ4n) is 1.18. The average molecular weight is 152 g/mol. The molecule has 0 saturated carbocycles. The Labute approximate surface area is 68.4 Å². The molecule has 1 heteroatoms. The molecule has 0 amide bonds. The van der Waals surface area contributed by atoms with Gasteiger partial charge in [0.05, 0.1) is 0 Å². The first kappa shape index (κ1) is 8.38. The highest BCUT2D eigenvalue weighted by Crippen LogP contribution is 2.21. The SMILES string of the molecule is CCc1oc(C(C)C)cc1C. The van der Waals surface area contributed by atoms with E-state index in [1.165, 1.54) is 5.56 Å². The van der Waals surface area contributed by atoms with Gasteiger partial charge in [0.2, 0.25) is 0 Å². The largest absolute Gasteiger partial charge is 0.466 e. The van der Waals surface area contributed by atoms with Crippen LogP contribution in [0.2, 0.25) is 0 Å². The lowest BCUT2D eigenvalue weighted by molar-refractivity contribution is 0.450. The van der Waals surface area contributed by atoms with Gasteiger partial charge in [-0.05, 0) is 18.6 Å². The van der Waals surface area contributed by atoms with Crippen molar-refractivity contribution in [3.05, 3.63) is 23.2 Å². The molecule has 0 spiro atoms. The third-order valence-corrected chi connectivity index (χ3v) is 1.93. The number of aryl methyl sites for hydroxylation is 2. The van der Waals surface area contributed by atoms with Crippen molar-refractivity contribution in [2.24, 2.45) is 0 Å². The van der Waals surface area contributed by atoms with E-state index in [0.717, 1.165) is 17.9 Å². The highest BCUT2D eigenvalue weighted by atomic mass is 16.3. The fourth-order valence-corrected chi connectivity index (χ4v) is 1.18. The Morgan fingerprint density at radius 1 is 1.45 bits per heavy atom. The van der Waals surface area contributed by atoms with Crippen LogP contribution in [0.1, 0.15) is 43.8 Å². The molecule has 0 radical (unpaired) electrons. The van der Waals surface area contributed by atoms with E-state index >= 15 is 0 Å². The van der Waals surface area contributed by atoms with Gasteiger partial charge in [-0.2, -0.15) is 0 Å². The van der Waals surface area contributed by atoms with Crippen LogP contribution in [0.5, 0.6) is 0 Å². The zero-order valence-corrected chi connectivity index (χ0v) is 7.77. The van der Waals surface area contributed by atoms with E-state index in [0.29, 0.717) is 5.92 Å². The Balaban J connectivity index is 2.95. The van der Waals surface area contributed by atoms with Crippen molar-refractivity contribution in [2.75, 3.05) is 0 Å². The Morgan fingerprint density at radius 2 is 2.09 bits per heavy atom. The molecule has 0 aliphatic heterocycles. The van der Waals surface area contributed by atoms with Gasteiger partial charge in [-0.3, -0.25) is 0 Å². The molecular formula is C10H16O. The van der Waals surface area contributed by atoms with Gasteiger partial charge in [0.15, 0.2) is 0 Å². The lowest BCUT2D eigenvalue weighted by Gasteiger charge is -1.97. The van der Waals surface area contributed by atoms with Crippen molar-refractivity contribution >= 4 is 0 Å². The van der Waals surface area contributed by atoms with Crippen LogP contribution in [-0.4, -0.2) is 0 Å². The standard InChI is InChI=1S/C10H16O/c1-5-9-8(4)6-10(11-9)7(2)3/h6-7H,5H2,1-4H3. The van der Waals surface area contributed by atoms with Gasteiger partial charge in [0, 0.05) is 12.3 Å². The van der Waals surface area contributed by atoms with E-state index in [9.17, 15) is 0 Å². The van der Waals surface area contributed by atoms with Gasteiger partial charge in [0.1, 0.15) is 11.5 Å². The molecule has 0 bridgehead atoms. The Morgan fingerprint density at radius 3 is 2.36 bits per heavy atom. The highest BCUT2D eigenvalue weighted by molar-refractivity contribution is 5.21.